The van der Waals surface area contributed by atoms with Crippen LogP contribution in [0.5, 0.6) is 0 Å². The largest absolute Gasteiger partial charge is 0.327 e. The van der Waals surface area contributed by atoms with E-state index in [0.717, 1.165) is 25.2 Å². The molecule has 0 amide bonds. The molecule has 2 fully saturated rings. The summed E-state index contributed by atoms with van der Waals surface area (Å²) in [5.74, 6) is 1.92. The van der Waals surface area contributed by atoms with Crippen LogP contribution in [0.1, 0.15) is 32.6 Å². The molecular formula is C12H24N2O2S. The van der Waals surface area contributed by atoms with E-state index in [1.165, 1.54) is 12.7 Å². The third kappa shape index (κ3) is 3.42. The van der Waals surface area contributed by atoms with Crippen molar-refractivity contribution in [1.82, 2.24) is 4.31 Å². The summed E-state index contributed by atoms with van der Waals surface area (Å²) in [7, 11) is -3.02. The monoisotopic (exact) mass is 260 g/mol. The Morgan fingerprint density at radius 1 is 1.47 bits per heavy atom. The van der Waals surface area contributed by atoms with Crippen LogP contribution in [0.15, 0.2) is 0 Å². The Labute approximate surface area is 105 Å². The zero-order valence-corrected chi connectivity index (χ0v) is 11.6. The Hall–Kier alpha value is -0.130. The molecule has 0 aromatic rings. The van der Waals surface area contributed by atoms with Gasteiger partial charge < -0.3 is 5.73 Å². The van der Waals surface area contributed by atoms with Crippen molar-refractivity contribution in [3.8, 4) is 0 Å². The van der Waals surface area contributed by atoms with Crippen LogP contribution >= 0.6 is 0 Å². The fourth-order valence-corrected chi connectivity index (χ4v) is 3.97. The molecule has 1 aliphatic carbocycles. The summed E-state index contributed by atoms with van der Waals surface area (Å²) in [5, 5.41) is 0. The number of rotatable bonds is 4. The van der Waals surface area contributed by atoms with Gasteiger partial charge in [0.2, 0.25) is 10.0 Å². The lowest BCUT2D eigenvalue weighted by Crippen LogP contribution is -2.41. The average molecular weight is 260 g/mol. The maximum absolute atomic E-state index is 11.5. The molecular weight excluding hydrogens is 236 g/mol. The Bertz CT molecular complexity index is 369. The standard InChI is InChI=1S/C12H24N2O2S/c1-9-6-11(9)12(13)7-10-4-3-5-14(8-10)17(2,15)16/h9-12H,3-8,13H2,1-2H3. The molecule has 0 aromatic carbocycles. The minimum absolute atomic E-state index is 0.273. The number of sulfonamides is 1. The predicted molar refractivity (Wildman–Crippen MR) is 69.0 cm³/mol. The first-order chi connectivity index (χ1) is 7.88. The molecule has 0 radical (unpaired) electrons. The first kappa shape index (κ1) is 13.3. The lowest BCUT2D eigenvalue weighted by atomic mass is 9.91. The lowest BCUT2D eigenvalue weighted by Gasteiger charge is -2.32. The third-order valence-corrected chi connectivity index (χ3v) is 5.55. The van der Waals surface area contributed by atoms with Crippen molar-refractivity contribution in [2.75, 3.05) is 19.3 Å². The molecule has 0 aromatic heterocycles. The second-order valence-electron chi connectivity index (χ2n) is 5.91. The van der Waals surface area contributed by atoms with E-state index in [2.05, 4.69) is 6.92 Å². The summed E-state index contributed by atoms with van der Waals surface area (Å²) in [4.78, 5) is 0. The van der Waals surface area contributed by atoms with E-state index in [9.17, 15) is 8.42 Å². The van der Waals surface area contributed by atoms with Crippen molar-refractivity contribution in [3.05, 3.63) is 0 Å². The van der Waals surface area contributed by atoms with Gasteiger partial charge in [-0.2, -0.15) is 0 Å². The first-order valence-electron chi connectivity index (χ1n) is 6.58. The van der Waals surface area contributed by atoms with E-state index < -0.39 is 10.0 Å². The van der Waals surface area contributed by atoms with Crippen molar-refractivity contribution in [3.63, 3.8) is 0 Å². The van der Waals surface area contributed by atoms with Gasteiger partial charge >= 0.3 is 0 Å². The van der Waals surface area contributed by atoms with Crippen LogP contribution in [0, 0.1) is 17.8 Å². The highest BCUT2D eigenvalue weighted by Crippen LogP contribution is 2.42. The molecule has 4 nitrogen and oxygen atoms in total. The van der Waals surface area contributed by atoms with E-state index in [1.54, 1.807) is 4.31 Å². The van der Waals surface area contributed by atoms with Crippen LogP contribution in [-0.4, -0.2) is 38.1 Å². The molecule has 4 unspecified atom stereocenters. The molecule has 0 spiro atoms. The van der Waals surface area contributed by atoms with Gasteiger partial charge in [0.05, 0.1) is 6.26 Å². The average Bonchev–Trinajstić information content (AvgIpc) is 2.95. The maximum atomic E-state index is 11.5. The topological polar surface area (TPSA) is 63.4 Å². The highest BCUT2D eigenvalue weighted by atomic mass is 32.2. The Morgan fingerprint density at radius 2 is 2.12 bits per heavy atom. The molecule has 2 N–H and O–H groups in total. The van der Waals surface area contributed by atoms with Gasteiger partial charge in [0.25, 0.3) is 0 Å². The maximum Gasteiger partial charge on any atom is 0.211 e. The highest BCUT2D eigenvalue weighted by molar-refractivity contribution is 7.88. The van der Waals surface area contributed by atoms with Gasteiger partial charge in [0, 0.05) is 19.1 Å². The van der Waals surface area contributed by atoms with E-state index in [0.29, 0.717) is 24.9 Å². The van der Waals surface area contributed by atoms with Crippen LogP contribution in [0.4, 0.5) is 0 Å². The smallest absolute Gasteiger partial charge is 0.211 e. The Kier molecular flexibility index (Phi) is 3.80. The second kappa shape index (κ2) is 4.86. The van der Waals surface area contributed by atoms with Gasteiger partial charge in [-0.15, -0.1) is 0 Å². The van der Waals surface area contributed by atoms with Crippen molar-refractivity contribution in [1.29, 1.82) is 0 Å². The molecule has 17 heavy (non-hydrogen) atoms. The van der Waals surface area contributed by atoms with Gasteiger partial charge in [-0.3, -0.25) is 0 Å². The van der Waals surface area contributed by atoms with Gasteiger partial charge in [-0.05, 0) is 43.4 Å². The molecule has 1 saturated heterocycles. The molecule has 1 aliphatic heterocycles. The van der Waals surface area contributed by atoms with Crippen LogP contribution in [0.2, 0.25) is 0 Å². The third-order valence-electron chi connectivity index (χ3n) is 4.28. The number of piperidine rings is 1. The molecule has 4 atom stereocenters. The molecule has 1 saturated carbocycles. The molecule has 100 valence electrons. The zero-order chi connectivity index (χ0) is 12.6. The molecule has 2 aliphatic rings. The summed E-state index contributed by atoms with van der Waals surface area (Å²) >= 11 is 0. The zero-order valence-electron chi connectivity index (χ0n) is 10.8. The van der Waals surface area contributed by atoms with Gasteiger partial charge in [-0.25, -0.2) is 12.7 Å². The van der Waals surface area contributed by atoms with Gasteiger partial charge in [0.1, 0.15) is 0 Å². The summed E-state index contributed by atoms with van der Waals surface area (Å²) in [5.41, 5.74) is 6.19. The fourth-order valence-electron chi connectivity index (χ4n) is 3.03. The SMILES string of the molecule is CC1CC1C(N)CC1CCCN(S(C)(=O)=O)C1. The van der Waals surface area contributed by atoms with E-state index in [1.807, 2.05) is 0 Å². The summed E-state index contributed by atoms with van der Waals surface area (Å²) in [6, 6.07) is 0.273. The van der Waals surface area contributed by atoms with E-state index >= 15 is 0 Å². The quantitative estimate of drug-likeness (QED) is 0.821. The number of nitrogens with two attached hydrogens (primary N) is 1. The van der Waals surface area contributed by atoms with E-state index in [4.69, 9.17) is 5.73 Å². The van der Waals surface area contributed by atoms with Crippen LogP contribution in [0.25, 0.3) is 0 Å². The summed E-state index contributed by atoms with van der Waals surface area (Å²) in [6.45, 7) is 3.60. The highest BCUT2D eigenvalue weighted by Gasteiger charge is 2.39. The van der Waals surface area contributed by atoms with Crippen LogP contribution < -0.4 is 5.73 Å². The summed E-state index contributed by atoms with van der Waals surface area (Å²) in [6.07, 6.45) is 5.65. The second-order valence-corrected chi connectivity index (χ2v) is 7.89. The van der Waals surface area contributed by atoms with E-state index in [-0.39, 0.29) is 6.04 Å². The fraction of sp³-hybridized carbons (Fsp3) is 1.00. The van der Waals surface area contributed by atoms with Gasteiger partial charge in [0.15, 0.2) is 0 Å². The number of nitrogens with zero attached hydrogens (tertiary/aromatic N) is 1. The first-order valence-corrected chi connectivity index (χ1v) is 8.43. The predicted octanol–water partition coefficient (Wildman–Crippen LogP) is 1.03. The summed E-state index contributed by atoms with van der Waals surface area (Å²) < 4.78 is 24.6. The minimum Gasteiger partial charge on any atom is -0.327 e. The Morgan fingerprint density at radius 3 is 2.65 bits per heavy atom. The minimum atomic E-state index is -3.02. The van der Waals surface area contributed by atoms with Crippen molar-refractivity contribution < 1.29 is 8.42 Å². The van der Waals surface area contributed by atoms with Crippen LogP contribution in [-0.2, 0) is 10.0 Å². The number of hydrogen-bond donors (Lipinski definition) is 1. The molecule has 1 heterocycles. The van der Waals surface area contributed by atoms with Crippen molar-refractivity contribution >= 4 is 10.0 Å². The molecule has 0 bridgehead atoms. The normalized spacial score (nSPS) is 36.8. The van der Waals surface area contributed by atoms with Crippen molar-refractivity contribution in [2.24, 2.45) is 23.5 Å². The molecule has 2 rings (SSSR count). The van der Waals surface area contributed by atoms with Crippen molar-refractivity contribution in [2.45, 2.75) is 38.6 Å². The Balaban J connectivity index is 1.85. The lowest BCUT2D eigenvalue weighted by molar-refractivity contribution is 0.241. The number of hydrogen-bond acceptors (Lipinski definition) is 3. The van der Waals surface area contributed by atoms with Crippen LogP contribution in [0.3, 0.4) is 0 Å². The molecule has 5 heteroatoms. The van der Waals surface area contributed by atoms with Gasteiger partial charge in [-0.1, -0.05) is 6.92 Å².